The second kappa shape index (κ2) is 6.65. The number of halogens is 1. The molecule has 1 aromatic carbocycles. The molecule has 0 unspecified atom stereocenters. The Kier molecular flexibility index (Phi) is 4.62. The molecule has 1 aromatic heterocycles. The summed E-state index contributed by atoms with van der Waals surface area (Å²) in [5, 5.41) is 17.9. The molecular formula is C17H20ClN3O. The van der Waals surface area contributed by atoms with Gasteiger partial charge in [-0.15, -0.1) is 0 Å². The van der Waals surface area contributed by atoms with Crippen molar-refractivity contribution < 1.29 is 5.11 Å². The van der Waals surface area contributed by atoms with Crippen LogP contribution >= 0.6 is 11.6 Å². The van der Waals surface area contributed by atoms with E-state index in [2.05, 4.69) is 22.6 Å². The minimum absolute atomic E-state index is 0.206. The van der Waals surface area contributed by atoms with Gasteiger partial charge in [0.15, 0.2) is 0 Å². The number of rotatable bonds is 5. The number of aliphatic hydroxyl groups is 1. The third-order valence-electron chi connectivity index (χ3n) is 4.06. The lowest BCUT2D eigenvalue weighted by molar-refractivity contribution is 0.246. The van der Waals surface area contributed by atoms with Gasteiger partial charge in [-0.2, -0.15) is 5.10 Å². The first kappa shape index (κ1) is 15.3. The maximum atomic E-state index is 9.20. The molecule has 1 heterocycles. The van der Waals surface area contributed by atoms with E-state index in [1.807, 2.05) is 37.4 Å². The zero-order chi connectivity index (χ0) is 15.5. The molecule has 2 atom stereocenters. The quantitative estimate of drug-likeness (QED) is 0.834. The first-order chi connectivity index (χ1) is 10.7. The number of hydrogen-bond donors (Lipinski definition) is 2. The average molecular weight is 318 g/mol. The van der Waals surface area contributed by atoms with Gasteiger partial charge in [0.05, 0.1) is 5.69 Å². The molecular weight excluding hydrogens is 298 g/mol. The first-order valence-electron chi connectivity index (χ1n) is 7.48. The standard InChI is InChI=1S/C17H20ClN3O/c1-21-17(18)15(10-19-14-8-7-12(9-14)11-22)16(20-21)13-5-3-2-4-6-13/h2-8,12,14,19,22H,9-11H2,1H3/t12-,14+/m0/s1. The van der Waals surface area contributed by atoms with Crippen LogP contribution in [-0.2, 0) is 13.6 Å². The van der Waals surface area contributed by atoms with Gasteiger partial charge < -0.3 is 10.4 Å². The monoisotopic (exact) mass is 317 g/mol. The first-order valence-corrected chi connectivity index (χ1v) is 7.86. The van der Waals surface area contributed by atoms with Gasteiger partial charge in [-0.25, -0.2) is 0 Å². The second-order valence-electron chi connectivity index (χ2n) is 5.66. The van der Waals surface area contributed by atoms with E-state index in [-0.39, 0.29) is 18.6 Å². The lowest BCUT2D eigenvalue weighted by atomic mass is 10.1. The van der Waals surface area contributed by atoms with Gasteiger partial charge in [-0.1, -0.05) is 54.1 Å². The maximum Gasteiger partial charge on any atom is 0.131 e. The van der Waals surface area contributed by atoms with Crippen LogP contribution in [0.1, 0.15) is 12.0 Å². The van der Waals surface area contributed by atoms with E-state index >= 15 is 0 Å². The van der Waals surface area contributed by atoms with Crippen molar-refractivity contribution in [1.82, 2.24) is 15.1 Å². The Labute approximate surface area is 135 Å². The van der Waals surface area contributed by atoms with Crippen molar-refractivity contribution in [2.24, 2.45) is 13.0 Å². The van der Waals surface area contributed by atoms with Gasteiger partial charge in [0, 0.05) is 43.3 Å². The Morgan fingerprint density at radius 1 is 1.32 bits per heavy atom. The summed E-state index contributed by atoms with van der Waals surface area (Å²) >= 11 is 6.41. The van der Waals surface area contributed by atoms with Crippen LogP contribution in [0.4, 0.5) is 0 Å². The van der Waals surface area contributed by atoms with Crippen LogP contribution in [0.25, 0.3) is 11.3 Å². The fraction of sp³-hybridized carbons (Fsp3) is 0.353. The number of aryl methyl sites for hydroxylation is 1. The lowest BCUT2D eigenvalue weighted by Gasteiger charge is -2.13. The van der Waals surface area contributed by atoms with Crippen LogP contribution in [0.3, 0.4) is 0 Å². The molecule has 2 aromatic rings. The molecule has 0 saturated carbocycles. The summed E-state index contributed by atoms with van der Waals surface area (Å²) in [6, 6.07) is 10.3. The minimum atomic E-state index is 0.206. The van der Waals surface area contributed by atoms with E-state index in [0.717, 1.165) is 23.2 Å². The fourth-order valence-corrected chi connectivity index (χ4v) is 3.02. The molecule has 0 bridgehead atoms. The molecule has 3 rings (SSSR count). The molecule has 0 spiro atoms. The molecule has 0 aliphatic heterocycles. The van der Waals surface area contributed by atoms with Crippen LogP contribution < -0.4 is 5.32 Å². The van der Waals surface area contributed by atoms with E-state index in [4.69, 9.17) is 11.6 Å². The van der Waals surface area contributed by atoms with Gasteiger partial charge in [0.2, 0.25) is 0 Å². The summed E-state index contributed by atoms with van der Waals surface area (Å²) in [7, 11) is 1.86. The maximum absolute atomic E-state index is 9.20. The summed E-state index contributed by atoms with van der Waals surface area (Å²) in [5.41, 5.74) is 2.99. The van der Waals surface area contributed by atoms with Crippen LogP contribution in [0.5, 0.6) is 0 Å². The van der Waals surface area contributed by atoms with Crippen molar-refractivity contribution in [2.45, 2.75) is 19.0 Å². The van der Waals surface area contributed by atoms with Crippen molar-refractivity contribution in [3.63, 3.8) is 0 Å². The van der Waals surface area contributed by atoms with E-state index in [0.29, 0.717) is 11.7 Å². The van der Waals surface area contributed by atoms with Gasteiger partial charge in [0.25, 0.3) is 0 Å². The number of nitrogens with one attached hydrogen (secondary N) is 1. The normalized spacial score (nSPS) is 20.7. The fourth-order valence-electron chi connectivity index (χ4n) is 2.83. The lowest BCUT2D eigenvalue weighted by Crippen LogP contribution is -2.26. The summed E-state index contributed by atoms with van der Waals surface area (Å²) in [5.74, 6) is 0.260. The topological polar surface area (TPSA) is 50.1 Å². The minimum Gasteiger partial charge on any atom is -0.396 e. The Morgan fingerprint density at radius 2 is 2.09 bits per heavy atom. The van der Waals surface area contributed by atoms with Crippen LogP contribution in [0, 0.1) is 5.92 Å². The SMILES string of the molecule is Cn1nc(-c2ccccc2)c(CN[C@@H]2C=C[C@H](CO)C2)c1Cl. The summed E-state index contributed by atoms with van der Waals surface area (Å²) < 4.78 is 1.71. The Hall–Kier alpha value is -1.62. The highest BCUT2D eigenvalue weighted by Crippen LogP contribution is 2.28. The Bertz CT molecular complexity index is 666. The average Bonchev–Trinajstić information content (AvgIpc) is 3.12. The molecule has 5 heteroatoms. The predicted molar refractivity (Wildman–Crippen MR) is 88.6 cm³/mol. The highest BCUT2D eigenvalue weighted by Gasteiger charge is 2.20. The van der Waals surface area contributed by atoms with Gasteiger partial charge >= 0.3 is 0 Å². The molecule has 22 heavy (non-hydrogen) atoms. The molecule has 0 saturated heterocycles. The number of nitrogens with zero attached hydrogens (tertiary/aromatic N) is 2. The van der Waals surface area contributed by atoms with E-state index < -0.39 is 0 Å². The van der Waals surface area contributed by atoms with Crippen LogP contribution in [0.15, 0.2) is 42.5 Å². The number of benzene rings is 1. The molecule has 0 fully saturated rings. The number of aliphatic hydroxyl groups excluding tert-OH is 1. The van der Waals surface area contributed by atoms with Gasteiger partial charge in [-0.3, -0.25) is 4.68 Å². The van der Waals surface area contributed by atoms with E-state index in [1.54, 1.807) is 4.68 Å². The van der Waals surface area contributed by atoms with Crippen molar-refractivity contribution in [2.75, 3.05) is 6.61 Å². The van der Waals surface area contributed by atoms with Crippen LogP contribution in [-0.4, -0.2) is 27.5 Å². The third kappa shape index (κ3) is 3.09. The highest BCUT2D eigenvalue weighted by atomic mass is 35.5. The molecule has 0 radical (unpaired) electrons. The largest absolute Gasteiger partial charge is 0.396 e. The molecule has 116 valence electrons. The molecule has 0 amide bonds. The molecule has 1 aliphatic carbocycles. The Morgan fingerprint density at radius 3 is 2.77 bits per heavy atom. The van der Waals surface area contributed by atoms with Crippen molar-refractivity contribution in [3.8, 4) is 11.3 Å². The smallest absolute Gasteiger partial charge is 0.131 e. The van der Waals surface area contributed by atoms with E-state index in [1.165, 1.54) is 0 Å². The molecule has 1 aliphatic rings. The van der Waals surface area contributed by atoms with E-state index in [9.17, 15) is 5.11 Å². The summed E-state index contributed by atoms with van der Waals surface area (Å²) in [4.78, 5) is 0. The molecule has 4 nitrogen and oxygen atoms in total. The van der Waals surface area contributed by atoms with Crippen molar-refractivity contribution in [3.05, 3.63) is 53.2 Å². The highest BCUT2D eigenvalue weighted by molar-refractivity contribution is 6.30. The zero-order valence-corrected chi connectivity index (χ0v) is 13.3. The van der Waals surface area contributed by atoms with Crippen molar-refractivity contribution >= 4 is 11.6 Å². The number of aromatic nitrogens is 2. The van der Waals surface area contributed by atoms with Gasteiger partial charge in [0.1, 0.15) is 5.15 Å². The Balaban J connectivity index is 1.78. The van der Waals surface area contributed by atoms with Crippen LogP contribution in [0.2, 0.25) is 5.15 Å². The number of hydrogen-bond acceptors (Lipinski definition) is 3. The van der Waals surface area contributed by atoms with Crippen molar-refractivity contribution in [1.29, 1.82) is 0 Å². The second-order valence-corrected chi connectivity index (χ2v) is 6.02. The summed E-state index contributed by atoms with van der Waals surface area (Å²) in [6.07, 6.45) is 5.11. The third-order valence-corrected chi connectivity index (χ3v) is 4.54. The molecule has 2 N–H and O–H groups in total. The predicted octanol–water partition coefficient (Wildman–Crippen LogP) is 2.77. The van der Waals surface area contributed by atoms with Gasteiger partial charge in [-0.05, 0) is 6.42 Å². The zero-order valence-electron chi connectivity index (χ0n) is 12.5. The summed E-state index contributed by atoms with van der Waals surface area (Å²) in [6.45, 7) is 0.863.